The summed E-state index contributed by atoms with van der Waals surface area (Å²) in [5, 5.41) is 5.87. The Kier molecular flexibility index (Phi) is 4.52. The van der Waals surface area contributed by atoms with E-state index in [-0.39, 0.29) is 5.91 Å². The number of carbonyl (C=O) groups excluding carboxylic acids is 1. The van der Waals surface area contributed by atoms with Gasteiger partial charge in [-0.2, -0.15) is 0 Å². The van der Waals surface area contributed by atoms with Crippen molar-refractivity contribution in [1.29, 1.82) is 0 Å². The third-order valence-corrected chi connectivity index (χ3v) is 3.00. The van der Waals surface area contributed by atoms with Crippen molar-refractivity contribution in [2.75, 3.05) is 20.1 Å². The molecule has 0 spiro atoms. The molecular weight excluding hydrogens is 240 g/mol. The second-order valence-corrected chi connectivity index (χ2v) is 4.63. The summed E-state index contributed by atoms with van der Waals surface area (Å²) >= 11 is 0. The van der Waals surface area contributed by atoms with Gasteiger partial charge < -0.3 is 15.6 Å². The Morgan fingerprint density at radius 1 is 1.37 bits per heavy atom. The Labute approximate surface area is 112 Å². The van der Waals surface area contributed by atoms with Crippen LogP contribution in [0.4, 0.5) is 0 Å². The quantitative estimate of drug-likeness (QED) is 0.729. The van der Waals surface area contributed by atoms with Crippen molar-refractivity contribution in [3.05, 3.63) is 29.6 Å². The molecule has 0 atom stereocenters. The first-order chi connectivity index (χ1) is 9.19. The van der Waals surface area contributed by atoms with Crippen LogP contribution in [0.2, 0.25) is 0 Å². The monoisotopic (exact) mass is 260 g/mol. The molecule has 0 aliphatic rings. The summed E-state index contributed by atoms with van der Waals surface area (Å²) in [5.41, 5.74) is 3.24. The Bertz CT molecular complexity index is 562. The molecule has 3 N–H and O–H groups in total. The number of carbonyl (C=O) groups is 1. The predicted molar refractivity (Wildman–Crippen MR) is 76.1 cm³/mol. The van der Waals surface area contributed by atoms with Crippen LogP contribution in [0, 0.1) is 6.92 Å². The number of hydrogen-bond acceptors (Lipinski definition) is 3. The molecule has 0 fully saturated rings. The van der Waals surface area contributed by atoms with Crippen LogP contribution in [0.25, 0.3) is 11.0 Å². The van der Waals surface area contributed by atoms with E-state index < -0.39 is 0 Å². The van der Waals surface area contributed by atoms with Gasteiger partial charge in [0.15, 0.2) is 0 Å². The van der Waals surface area contributed by atoms with Gasteiger partial charge in [0.1, 0.15) is 5.82 Å². The van der Waals surface area contributed by atoms with Crippen molar-refractivity contribution in [2.24, 2.45) is 0 Å². The minimum Gasteiger partial charge on any atom is -0.356 e. The molecule has 102 valence electrons. The lowest BCUT2D eigenvalue weighted by Crippen LogP contribution is -2.28. The van der Waals surface area contributed by atoms with Crippen molar-refractivity contribution in [2.45, 2.75) is 19.8 Å². The molecule has 0 aliphatic carbocycles. The Hall–Kier alpha value is -1.88. The van der Waals surface area contributed by atoms with Crippen LogP contribution in [0.1, 0.15) is 17.8 Å². The third kappa shape index (κ3) is 3.79. The van der Waals surface area contributed by atoms with Gasteiger partial charge in [-0.15, -0.1) is 0 Å². The SMILES string of the molecule is CNCCC(=O)NCCc1ccc2nc(C)[nH]c2c1. The summed E-state index contributed by atoms with van der Waals surface area (Å²) in [6, 6.07) is 6.16. The van der Waals surface area contributed by atoms with Crippen LogP contribution in [0.5, 0.6) is 0 Å². The number of H-pyrrole nitrogens is 1. The van der Waals surface area contributed by atoms with Crippen LogP contribution in [-0.4, -0.2) is 36.0 Å². The van der Waals surface area contributed by atoms with E-state index in [9.17, 15) is 4.79 Å². The van der Waals surface area contributed by atoms with Gasteiger partial charge in [-0.1, -0.05) is 6.07 Å². The molecular formula is C14H20N4O. The van der Waals surface area contributed by atoms with Gasteiger partial charge in [0.2, 0.25) is 5.91 Å². The van der Waals surface area contributed by atoms with E-state index in [4.69, 9.17) is 0 Å². The summed E-state index contributed by atoms with van der Waals surface area (Å²) in [4.78, 5) is 19.0. The van der Waals surface area contributed by atoms with Gasteiger partial charge >= 0.3 is 0 Å². The lowest BCUT2D eigenvalue weighted by Gasteiger charge is -2.05. The van der Waals surface area contributed by atoms with E-state index >= 15 is 0 Å². The second-order valence-electron chi connectivity index (χ2n) is 4.63. The summed E-state index contributed by atoms with van der Waals surface area (Å²) in [6.07, 6.45) is 1.36. The van der Waals surface area contributed by atoms with Crippen LogP contribution in [-0.2, 0) is 11.2 Å². The smallest absolute Gasteiger partial charge is 0.221 e. The molecule has 1 aromatic carbocycles. The molecule has 0 radical (unpaired) electrons. The molecule has 0 aliphatic heterocycles. The Morgan fingerprint density at radius 2 is 2.21 bits per heavy atom. The first-order valence-electron chi connectivity index (χ1n) is 6.55. The maximum atomic E-state index is 11.4. The van der Waals surface area contributed by atoms with Crippen molar-refractivity contribution < 1.29 is 4.79 Å². The molecule has 1 heterocycles. The number of imidazole rings is 1. The molecule has 1 aromatic heterocycles. The first kappa shape index (κ1) is 13.5. The van der Waals surface area contributed by atoms with Gasteiger partial charge in [-0.05, 0) is 38.1 Å². The minimum absolute atomic E-state index is 0.0906. The highest BCUT2D eigenvalue weighted by Gasteiger charge is 2.02. The summed E-state index contributed by atoms with van der Waals surface area (Å²) in [5.74, 6) is 1.01. The molecule has 5 heteroatoms. The summed E-state index contributed by atoms with van der Waals surface area (Å²) in [7, 11) is 1.84. The predicted octanol–water partition coefficient (Wildman–Crippen LogP) is 1.14. The number of fused-ring (bicyclic) bond motifs is 1. The van der Waals surface area contributed by atoms with Crippen LogP contribution in [0.15, 0.2) is 18.2 Å². The zero-order valence-corrected chi connectivity index (χ0v) is 11.4. The van der Waals surface area contributed by atoms with E-state index in [1.165, 1.54) is 5.56 Å². The normalized spacial score (nSPS) is 10.8. The molecule has 1 amide bonds. The molecule has 19 heavy (non-hydrogen) atoms. The van der Waals surface area contributed by atoms with Gasteiger partial charge in [0, 0.05) is 19.5 Å². The van der Waals surface area contributed by atoms with E-state index in [1.807, 2.05) is 20.0 Å². The maximum Gasteiger partial charge on any atom is 0.221 e. The zero-order valence-electron chi connectivity index (χ0n) is 11.4. The summed E-state index contributed by atoms with van der Waals surface area (Å²) in [6.45, 7) is 3.33. The second kappa shape index (κ2) is 6.33. The highest BCUT2D eigenvalue weighted by molar-refractivity contribution is 5.76. The number of amides is 1. The molecule has 0 saturated carbocycles. The standard InChI is InChI=1S/C14H20N4O/c1-10-17-12-4-3-11(9-13(12)18-10)5-8-16-14(19)6-7-15-2/h3-4,9,15H,5-8H2,1-2H3,(H,16,19)(H,17,18). The molecule has 2 rings (SSSR count). The van der Waals surface area contributed by atoms with E-state index in [2.05, 4.69) is 32.7 Å². The maximum absolute atomic E-state index is 11.4. The number of rotatable bonds is 6. The van der Waals surface area contributed by atoms with Gasteiger partial charge in [-0.25, -0.2) is 4.98 Å². The van der Waals surface area contributed by atoms with E-state index in [1.54, 1.807) is 0 Å². The fraction of sp³-hybridized carbons (Fsp3) is 0.429. The van der Waals surface area contributed by atoms with Crippen LogP contribution in [0.3, 0.4) is 0 Å². The minimum atomic E-state index is 0.0906. The number of benzene rings is 1. The Balaban J connectivity index is 1.86. The molecule has 5 nitrogen and oxygen atoms in total. The van der Waals surface area contributed by atoms with Crippen molar-refractivity contribution in [3.8, 4) is 0 Å². The topological polar surface area (TPSA) is 69.8 Å². The number of aromatic nitrogens is 2. The van der Waals surface area contributed by atoms with Crippen molar-refractivity contribution >= 4 is 16.9 Å². The van der Waals surface area contributed by atoms with Crippen LogP contribution >= 0.6 is 0 Å². The fourth-order valence-corrected chi connectivity index (χ4v) is 2.01. The highest BCUT2D eigenvalue weighted by atomic mass is 16.1. The van der Waals surface area contributed by atoms with Gasteiger partial charge in [0.05, 0.1) is 11.0 Å². The number of hydrogen-bond donors (Lipinski definition) is 3. The van der Waals surface area contributed by atoms with Crippen LogP contribution < -0.4 is 10.6 Å². The number of nitrogens with zero attached hydrogens (tertiary/aromatic N) is 1. The molecule has 0 unspecified atom stereocenters. The molecule has 2 aromatic rings. The molecule has 0 saturated heterocycles. The van der Waals surface area contributed by atoms with E-state index in [0.717, 1.165) is 23.3 Å². The largest absolute Gasteiger partial charge is 0.356 e. The van der Waals surface area contributed by atoms with Gasteiger partial charge in [-0.3, -0.25) is 4.79 Å². The number of aromatic amines is 1. The highest BCUT2D eigenvalue weighted by Crippen LogP contribution is 2.13. The number of nitrogens with one attached hydrogen (secondary N) is 3. The van der Waals surface area contributed by atoms with Crippen molar-refractivity contribution in [3.63, 3.8) is 0 Å². The van der Waals surface area contributed by atoms with Crippen molar-refractivity contribution in [1.82, 2.24) is 20.6 Å². The zero-order chi connectivity index (χ0) is 13.7. The van der Waals surface area contributed by atoms with E-state index in [0.29, 0.717) is 19.5 Å². The average molecular weight is 260 g/mol. The number of aryl methyl sites for hydroxylation is 1. The Morgan fingerprint density at radius 3 is 3.00 bits per heavy atom. The summed E-state index contributed by atoms with van der Waals surface area (Å²) < 4.78 is 0. The first-order valence-corrected chi connectivity index (χ1v) is 6.55. The third-order valence-electron chi connectivity index (χ3n) is 3.00. The lowest BCUT2D eigenvalue weighted by atomic mass is 10.1. The average Bonchev–Trinajstić information content (AvgIpc) is 2.75. The van der Waals surface area contributed by atoms with Gasteiger partial charge in [0.25, 0.3) is 0 Å². The fourth-order valence-electron chi connectivity index (χ4n) is 2.01. The molecule has 0 bridgehead atoms. The lowest BCUT2D eigenvalue weighted by molar-refractivity contribution is -0.120.